The van der Waals surface area contributed by atoms with Gasteiger partial charge < -0.3 is 24.8 Å². The Hall–Kier alpha value is -2.89. The van der Waals surface area contributed by atoms with Gasteiger partial charge in [0.25, 0.3) is 0 Å². The van der Waals surface area contributed by atoms with Crippen molar-refractivity contribution in [1.82, 2.24) is 10.6 Å². The first-order chi connectivity index (χ1) is 12.8. The molecule has 0 radical (unpaired) electrons. The number of methoxy groups -OCH3 is 1. The summed E-state index contributed by atoms with van der Waals surface area (Å²) in [6.07, 6.45) is 0. The van der Waals surface area contributed by atoms with Gasteiger partial charge in [-0.15, -0.1) is 0 Å². The first-order valence-electron chi connectivity index (χ1n) is 8.69. The van der Waals surface area contributed by atoms with E-state index >= 15 is 0 Å². The van der Waals surface area contributed by atoms with Gasteiger partial charge in [-0.1, -0.05) is 24.3 Å². The SMILES string of the molecule is CCOc1cc(CNC(=NC)NCCOc2ccccc2)ccc1OC. The quantitative estimate of drug-likeness (QED) is 0.410. The topological polar surface area (TPSA) is 64.1 Å². The largest absolute Gasteiger partial charge is 0.493 e. The van der Waals surface area contributed by atoms with Crippen LogP contribution in [-0.2, 0) is 6.54 Å². The first-order valence-corrected chi connectivity index (χ1v) is 8.69. The highest BCUT2D eigenvalue weighted by molar-refractivity contribution is 5.79. The molecule has 0 aromatic heterocycles. The summed E-state index contributed by atoms with van der Waals surface area (Å²) in [6, 6.07) is 15.6. The molecule has 0 aliphatic carbocycles. The second-order valence-electron chi connectivity index (χ2n) is 5.43. The Bertz CT molecular complexity index is 690. The molecular weight excluding hydrogens is 330 g/mol. The summed E-state index contributed by atoms with van der Waals surface area (Å²) >= 11 is 0. The Kier molecular flexibility index (Phi) is 8.12. The molecule has 0 amide bonds. The molecule has 2 aromatic rings. The van der Waals surface area contributed by atoms with E-state index in [1.165, 1.54) is 0 Å². The monoisotopic (exact) mass is 357 g/mol. The molecule has 0 heterocycles. The van der Waals surface area contributed by atoms with E-state index in [-0.39, 0.29) is 0 Å². The van der Waals surface area contributed by atoms with Crippen LogP contribution >= 0.6 is 0 Å². The lowest BCUT2D eigenvalue weighted by Gasteiger charge is -2.14. The molecule has 0 spiro atoms. The molecule has 2 N–H and O–H groups in total. The normalized spacial score (nSPS) is 11.0. The van der Waals surface area contributed by atoms with Gasteiger partial charge in [-0.25, -0.2) is 0 Å². The lowest BCUT2D eigenvalue weighted by molar-refractivity contribution is 0.310. The summed E-state index contributed by atoms with van der Waals surface area (Å²) in [5.41, 5.74) is 1.08. The van der Waals surface area contributed by atoms with Crippen LogP contribution in [0.2, 0.25) is 0 Å². The molecule has 0 saturated heterocycles. The van der Waals surface area contributed by atoms with E-state index in [1.807, 2.05) is 55.5 Å². The highest BCUT2D eigenvalue weighted by Gasteiger charge is 2.06. The van der Waals surface area contributed by atoms with Crippen molar-refractivity contribution >= 4 is 5.96 Å². The number of nitrogens with one attached hydrogen (secondary N) is 2. The van der Waals surface area contributed by atoms with E-state index in [2.05, 4.69) is 15.6 Å². The van der Waals surface area contributed by atoms with Crippen LogP contribution in [0.3, 0.4) is 0 Å². The van der Waals surface area contributed by atoms with Gasteiger partial charge in [0.05, 0.1) is 20.3 Å². The maximum Gasteiger partial charge on any atom is 0.191 e. The predicted molar refractivity (Wildman–Crippen MR) is 104 cm³/mol. The summed E-state index contributed by atoms with van der Waals surface area (Å²) in [5, 5.41) is 6.51. The molecule has 2 rings (SSSR count). The van der Waals surface area contributed by atoms with Gasteiger partial charge in [-0.05, 0) is 36.8 Å². The zero-order valence-electron chi connectivity index (χ0n) is 15.6. The Balaban J connectivity index is 1.78. The molecule has 0 unspecified atom stereocenters. The fourth-order valence-electron chi connectivity index (χ4n) is 2.36. The van der Waals surface area contributed by atoms with Crippen molar-refractivity contribution in [2.45, 2.75) is 13.5 Å². The second kappa shape index (κ2) is 10.9. The molecule has 2 aromatic carbocycles. The maximum atomic E-state index is 5.66. The number of para-hydroxylation sites is 1. The van der Waals surface area contributed by atoms with Gasteiger partial charge in [0.1, 0.15) is 12.4 Å². The molecule has 0 saturated carbocycles. The Morgan fingerprint density at radius 3 is 2.50 bits per heavy atom. The number of nitrogens with zero attached hydrogens (tertiary/aromatic N) is 1. The van der Waals surface area contributed by atoms with E-state index in [1.54, 1.807) is 14.2 Å². The minimum absolute atomic E-state index is 0.557. The zero-order valence-corrected chi connectivity index (χ0v) is 15.6. The fourth-order valence-corrected chi connectivity index (χ4v) is 2.36. The van der Waals surface area contributed by atoms with E-state index in [9.17, 15) is 0 Å². The summed E-state index contributed by atoms with van der Waals surface area (Å²) in [7, 11) is 3.38. The van der Waals surface area contributed by atoms with Crippen LogP contribution in [0.1, 0.15) is 12.5 Å². The third kappa shape index (κ3) is 6.20. The lowest BCUT2D eigenvalue weighted by atomic mass is 10.2. The summed E-state index contributed by atoms with van der Waals surface area (Å²) in [6.45, 7) is 4.39. The van der Waals surface area contributed by atoms with Gasteiger partial charge in [0.15, 0.2) is 17.5 Å². The number of rotatable bonds is 9. The van der Waals surface area contributed by atoms with Crippen molar-refractivity contribution < 1.29 is 14.2 Å². The molecular formula is C20H27N3O3. The number of hydrogen-bond donors (Lipinski definition) is 2. The predicted octanol–water partition coefficient (Wildman–Crippen LogP) is 2.84. The minimum atomic E-state index is 0.557. The number of benzene rings is 2. The van der Waals surface area contributed by atoms with Crippen molar-refractivity contribution in [2.75, 3.05) is 33.9 Å². The van der Waals surface area contributed by atoms with Crippen LogP contribution in [0, 0.1) is 0 Å². The molecule has 6 nitrogen and oxygen atoms in total. The molecule has 140 valence electrons. The molecule has 26 heavy (non-hydrogen) atoms. The van der Waals surface area contributed by atoms with Crippen LogP contribution in [0.4, 0.5) is 0 Å². The average Bonchev–Trinajstić information content (AvgIpc) is 2.68. The van der Waals surface area contributed by atoms with Crippen molar-refractivity contribution in [3.05, 3.63) is 54.1 Å². The molecule has 0 fully saturated rings. The van der Waals surface area contributed by atoms with Gasteiger partial charge in [0.2, 0.25) is 0 Å². The number of ether oxygens (including phenoxy) is 3. The highest BCUT2D eigenvalue weighted by atomic mass is 16.5. The maximum absolute atomic E-state index is 5.66. The first kappa shape index (κ1) is 19.4. The molecule has 0 aliphatic rings. The van der Waals surface area contributed by atoms with E-state index in [4.69, 9.17) is 14.2 Å². The van der Waals surface area contributed by atoms with Crippen LogP contribution in [0.5, 0.6) is 17.2 Å². The van der Waals surface area contributed by atoms with Crippen molar-refractivity contribution in [3.8, 4) is 17.2 Å². The van der Waals surface area contributed by atoms with Gasteiger partial charge in [-0.3, -0.25) is 4.99 Å². The Morgan fingerprint density at radius 1 is 1.00 bits per heavy atom. The van der Waals surface area contributed by atoms with Gasteiger partial charge in [0, 0.05) is 13.6 Å². The van der Waals surface area contributed by atoms with Gasteiger partial charge in [-0.2, -0.15) is 0 Å². The van der Waals surface area contributed by atoms with Crippen molar-refractivity contribution in [1.29, 1.82) is 0 Å². The van der Waals surface area contributed by atoms with E-state index < -0.39 is 0 Å². The molecule has 0 bridgehead atoms. The smallest absolute Gasteiger partial charge is 0.191 e. The fraction of sp³-hybridized carbons (Fsp3) is 0.350. The number of guanidine groups is 1. The number of hydrogen-bond acceptors (Lipinski definition) is 4. The lowest BCUT2D eigenvalue weighted by Crippen LogP contribution is -2.38. The van der Waals surface area contributed by atoms with Crippen LogP contribution in [0.15, 0.2) is 53.5 Å². The van der Waals surface area contributed by atoms with E-state index in [0.29, 0.717) is 26.3 Å². The Morgan fingerprint density at radius 2 is 1.81 bits per heavy atom. The standard InChI is InChI=1S/C20H27N3O3/c1-4-25-19-14-16(10-11-18(19)24-3)15-23-20(21-2)22-12-13-26-17-8-6-5-7-9-17/h5-11,14H,4,12-13,15H2,1-3H3,(H2,21,22,23). The third-order valence-corrected chi connectivity index (χ3v) is 3.62. The third-order valence-electron chi connectivity index (χ3n) is 3.62. The van der Waals surface area contributed by atoms with Gasteiger partial charge >= 0.3 is 0 Å². The average molecular weight is 357 g/mol. The van der Waals surface area contributed by atoms with Crippen molar-refractivity contribution in [2.24, 2.45) is 4.99 Å². The number of aliphatic imine (C=N–C) groups is 1. The summed E-state index contributed by atoms with van der Waals surface area (Å²) < 4.78 is 16.6. The molecule has 6 heteroatoms. The zero-order chi connectivity index (χ0) is 18.6. The van der Waals surface area contributed by atoms with Crippen LogP contribution in [0.25, 0.3) is 0 Å². The minimum Gasteiger partial charge on any atom is -0.493 e. The molecule has 0 aliphatic heterocycles. The Labute approximate surface area is 155 Å². The van der Waals surface area contributed by atoms with Crippen LogP contribution < -0.4 is 24.8 Å². The summed E-state index contributed by atoms with van der Waals surface area (Å²) in [4.78, 5) is 4.22. The highest BCUT2D eigenvalue weighted by Crippen LogP contribution is 2.27. The summed E-state index contributed by atoms with van der Waals surface area (Å²) in [5.74, 6) is 3.05. The molecule has 0 atom stereocenters. The van der Waals surface area contributed by atoms with E-state index in [0.717, 1.165) is 28.8 Å². The van der Waals surface area contributed by atoms with Crippen LogP contribution in [-0.4, -0.2) is 39.9 Å². The van der Waals surface area contributed by atoms with Crippen molar-refractivity contribution in [3.63, 3.8) is 0 Å². The second-order valence-corrected chi connectivity index (χ2v) is 5.43.